The molecule has 0 bridgehead atoms. The van der Waals surface area contributed by atoms with Gasteiger partial charge in [0.05, 0.1) is 58.2 Å². The van der Waals surface area contributed by atoms with Gasteiger partial charge in [-0.25, -0.2) is 9.97 Å². The van der Waals surface area contributed by atoms with Crippen LogP contribution in [0.3, 0.4) is 0 Å². The third-order valence-corrected chi connectivity index (χ3v) is 10.4. The van der Waals surface area contributed by atoms with Crippen LogP contribution in [0.5, 0.6) is 0 Å². The molecule has 10 rings (SSSR count). The molecule has 2 amide bonds. The van der Waals surface area contributed by atoms with Crippen LogP contribution in [-0.4, -0.2) is 90.8 Å². The molecule has 10 heterocycles. The molecule has 6 N–H and O–H groups in total. The Morgan fingerprint density at radius 3 is 0.787 bits per heavy atom. The van der Waals surface area contributed by atoms with E-state index in [1.54, 1.807) is 74.6 Å². The van der Waals surface area contributed by atoms with Crippen molar-refractivity contribution in [3.8, 4) is 45.6 Å². The van der Waals surface area contributed by atoms with Gasteiger partial charge in [0.2, 0.25) is 11.8 Å². The van der Waals surface area contributed by atoms with Crippen LogP contribution in [-0.2, 0) is 62.0 Å². The molecule has 0 spiro atoms. The van der Waals surface area contributed by atoms with Gasteiger partial charge in [-0.2, -0.15) is 0 Å². The van der Waals surface area contributed by atoms with E-state index in [1.165, 1.54) is 0 Å². The van der Waals surface area contributed by atoms with Crippen LogP contribution in [0.4, 0.5) is 0 Å². The zero-order valence-electron chi connectivity index (χ0n) is 43.1. The van der Waals surface area contributed by atoms with Crippen molar-refractivity contribution >= 4 is 11.8 Å². The Balaban J connectivity index is 0.000000999. The van der Waals surface area contributed by atoms with Crippen LogP contribution in [0.1, 0.15) is 37.1 Å². The average molecular weight is 1510 g/mol. The van der Waals surface area contributed by atoms with Crippen LogP contribution in [0.2, 0.25) is 0 Å². The minimum atomic E-state index is -0.160. The number of nitrogens with two attached hydrogens (primary N) is 1. The van der Waals surface area contributed by atoms with Crippen molar-refractivity contribution in [2.24, 2.45) is 5.73 Å². The molecule has 418 valence electrons. The first-order valence-corrected chi connectivity index (χ1v) is 24.0. The number of halogens is 4. The molecule has 0 aliphatic heterocycles. The van der Waals surface area contributed by atoms with Crippen LogP contribution in [0.15, 0.2) is 220 Å². The second-order valence-corrected chi connectivity index (χ2v) is 15.9. The fraction of sp³-hybridized carbons (Fsp3) is 0.158. The number of imidazole rings is 2. The number of hydrogen-bond acceptors (Lipinski definition) is 13. The van der Waals surface area contributed by atoms with Crippen molar-refractivity contribution in [3.63, 3.8) is 0 Å². The number of H-pyrrole nitrogens is 2. The molecule has 0 saturated heterocycles. The second kappa shape index (κ2) is 44.8. The topological polar surface area (TPSA) is 245 Å². The van der Waals surface area contributed by atoms with Gasteiger partial charge >= 0.3 is 39.6 Å². The quantitative estimate of drug-likeness (QED) is 0.0636. The molecular formula is C57H59Cl4N15O2Os2. The number of pyridine rings is 8. The number of aromatic nitrogens is 12. The Morgan fingerprint density at radius 1 is 0.388 bits per heavy atom. The summed E-state index contributed by atoms with van der Waals surface area (Å²) in [4.78, 5) is 70.9. The molecule has 0 aliphatic carbocycles. The number of hydrogen-bond donors (Lipinski definition) is 5. The SMILES string of the molecule is NC(CCC(=O)NCCc1cnc[nH]1)CCC(=O)NCCc1cnc[nH]1.[Cl-].[Cl-].[Cl-].[Cl-].[Os+2].[Os+2].c1ccc(-c2ccccn2)nc1.c1ccc(-c2ccccn2)nc1.c1ccc(-c2ccccn2)nc1.c1ccc(-c2ccccn2)nc1. The number of aromatic amines is 2. The number of amides is 2. The molecule has 0 fully saturated rings. The zero-order valence-corrected chi connectivity index (χ0v) is 51.2. The smallest absolute Gasteiger partial charge is 1.00 e. The molecule has 0 aromatic carbocycles. The second-order valence-electron chi connectivity index (χ2n) is 15.9. The van der Waals surface area contributed by atoms with Crippen molar-refractivity contribution in [2.75, 3.05) is 13.1 Å². The van der Waals surface area contributed by atoms with Crippen molar-refractivity contribution < 1.29 is 98.8 Å². The van der Waals surface area contributed by atoms with Crippen LogP contribution in [0, 0.1) is 0 Å². The van der Waals surface area contributed by atoms with Crippen LogP contribution in [0.25, 0.3) is 45.6 Å². The maximum absolute atomic E-state index is 11.8. The zero-order chi connectivity index (χ0) is 51.5. The molecule has 0 aliphatic rings. The van der Waals surface area contributed by atoms with E-state index in [0.717, 1.165) is 69.8 Å². The van der Waals surface area contributed by atoms with Gasteiger partial charge in [0.25, 0.3) is 0 Å². The van der Waals surface area contributed by atoms with Gasteiger partial charge in [-0.1, -0.05) is 48.5 Å². The summed E-state index contributed by atoms with van der Waals surface area (Å²) in [5.41, 5.74) is 15.3. The van der Waals surface area contributed by atoms with Gasteiger partial charge in [-0.15, -0.1) is 0 Å². The summed E-state index contributed by atoms with van der Waals surface area (Å²) in [5, 5.41) is 5.71. The summed E-state index contributed by atoms with van der Waals surface area (Å²) in [7, 11) is 0. The molecule has 80 heavy (non-hydrogen) atoms. The van der Waals surface area contributed by atoms with E-state index in [-0.39, 0.29) is 107 Å². The number of carbonyl (C=O) groups is 2. The first-order valence-electron chi connectivity index (χ1n) is 24.0. The van der Waals surface area contributed by atoms with Crippen molar-refractivity contribution in [3.05, 3.63) is 232 Å². The van der Waals surface area contributed by atoms with E-state index >= 15 is 0 Å². The monoisotopic (exact) mass is 1510 g/mol. The number of carbonyl (C=O) groups excluding carboxylic acids is 2. The largest absolute Gasteiger partial charge is 2.00 e. The van der Waals surface area contributed by atoms with E-state index in [4.69, 9.17) is 5.73 Å². The van der Waals surface area contributed by atoms with Gasteiger partial charge in [0.15, 0.2) is 0 Å². The van der Waals surface area contributed by atoms with Crippen LogP contribution < -0.4 is 66.0 Å². The van der Waals surface area contributed by atoms with E-state index in [1.807, 2.05) is 146 Å². The first-order chi connectivity index (χ1) is 36.5. The minimum absolute atomic E-state index is 0. The fourth-order valence-electron chi connectivity index (χ4n) is 6.58. The minimum Gasteiger partial charge on any atom is -1.00 e. The predicted octanol–water partition coefficient (Wildman–Crippen LogP) is -3.38. The molecule has 0 unspecified atom stereocenters. The predicted molar refractivity (Wildman–Crippen MR) is 287 cm³/mol. The fourth-order valence-corrected chi connectivity index (χ4v) is 6.58. The van der Waals surface area contributed by atoms with Crippen LogP contribution >= 0.6 is 0 Å². The molecule has 0 radical (unpaired) electrons. The Hall–Kier alpha value is -7.05. The van der Waals surface area contributed by atoms with Gasteiger partial charge in [0.1, 0.15) is 0 Å². The summed E-state index contributed by atoms with van der Waals surface area (Å²) in [6.07, 6.45) is 24.2. The Kier molecular flexibility index (Phi) is 40.8. The Bertz CT molecular complexity index is 2500. The van der Waals surface area contributed by atoms with E-state index in [2.05, 4.69) is 70.4 Å². The maximum Gasteiger partial charge on any atom is 2.00 e. The summed E-state index contributed by atoms with van der Waals surface area (Å²) >= 11 is 0. The normalized spacial score (nSPS) is 9.32. The molecular weight excluding hydrogens is 1450 g/mol. The van der Waals surface area contributed by atoms with Gasteiger partial charge < -0.3 is 76.0 Å². The molecule has 23 heteroatoms. The maximum atomic E-state index is 11.8. The average Bonchev–Trinajstić information content (AvgIpc) is 4.22. The molecule has 17 nitrogen and oxygen atoms in total. The molecule has 0 atom stereocenters. The van der Waals surface area contributed by atoms with Gasteiger partial charge in [0, 0.05) is 118 Å². The summed E-state index contributed by atoms with van der Waals surface area (Å²) < 4.78 is 0. The van der Waals surface area contributed by atoms with E-state index in [9.17, 15) is 9.59 Å². The number of rotatable bonds is 16. The number of nitrogens with zero attached hydrogens (tertiary/aromatic N) is 10. The first kappa shape index (κ1) is 73.0. The molecule has 10 aromatic rings. The summed E-state index contributed by atoms with van der Waals surface area (Å²) in [6.45, 7) is 1.13. The van der Waals surface area contributed by atoms with Gasteiger partial charge in [-0.3, -0.25) is 49.5 Å². The van der Waals surface area contributed by atoms with E-state index in [0.29, 0.717) is 38.8 Å². The van der Waals surface area contributed by atoms with Crippen molar-refractivity contribution in [1.82, 2.24) is 70.4 Å². The molecule has 10 aromatic heterocycles. The third-order valence-electron chi connectivity index (χ3n) is 10.4. The Labute approximate surface area is 517 Å². The van der Waals surface area contributed by atoms with Crippen molar-refractivity contribution in [2.45, 2.75) is 44.6 Å². The van der Waals surface area contributed by atoms with Gasteiger partial charge in [-0.05, 0) is 110 Å². The summed E-state index contributed by atoms with van der Waals surface area (Å²) in [5.74, 6) is -0.0482. The number of nitrogens with one attached hydrogen (secondary N) is 4. The van der Waals surface area contributed by atoms with Crippen molar-refractivity contribution in [1.29, 1.82) is 0 Å². The third kappa shape index (κ3) is 29.2. The standard InChI is InChI=1S/C17H27N7O2.4C10H8N2.4ClH.2Os/c18-13(1-3-16(25)21-7-5-14-9-19-11-23-14)2-4-17(26)22-8-6-15-10-20-12-24-15;4*1-3-7-11-9(5-1)10-6-2-4-8-12-10;;;;;;/h9-13H,1-8,18H2,(H,19,23)(H,20,24)(H,21,25)(H,22,26);4*1-8H;4*1H;;/q;;;;;;;;;2*+2/p-4. The Morgan fingerprint density at radius 2 is 0.613 bits per heavy atom. The summed E-state index contributed by atoms with van der Waals surface area (Å²) in [6, 6.07) is 46.2. The van der Waals surface area contributed by atoms with E-state index < -0.39 is 0 Å². The molecule has 0 saturated carbocycles.